The standard InChI is InChI=1S/C16H20FN3/c1-11(2)16-18-8-7-15(19-16)20(4)10-13-6-5-12(3)14(17)9-13/h5-9,11H,10H2,1-4H3. The van der Waals surface area contributed by atoms with Crippen LogP contribution in [0.25, 0.3) is 0 Å². The molecule has 0 saturated heterocycles. The summed E-state index contributed by atoms with van der Waals surface area (Å²) in [4.78, 5) is 10.8. The lowest BCUT2D eigenvalue weighted by atomic mass is 10.1. The molecule has 0 aliphatic carbocycles. The second-order valence-corrected chi connectivity index (χ2v) is 5.37. The molecule has 0 N–H and O–H groups in total. The summed E-state index contributed by atoms with van der Waals surface area (Å²) in [6.07, 6.45) is 1.77. The Balaban J connectivity index is 2.17. The molecule has 1 aromatic heterocycles. The third kappa shape index (κ3) is 3.32. The minimum absolute atomic E-state index is 0.165. The largest absolute Gasteiger partial charge is 0.355 e. The van der Waals surface area contributed by atoms with Crippen molar-refractivity contribution >= 4 is 5.82 Å². The lowest BCUT2D eigenvalue weighted by Crippen LogP contribution is -2.18. The highest BCUT2D eigenvalue weighted by molar-refractivity contribution is 5.38. The smallest absolute Gasteiger partial charge is 0.133 e. The van der Waals surface area contributed by atoms with Gasteiger partial charge in [0.2, 0.25) is 0 Å². The number of rotatable bonds is 4. The Bertz CT molecular complexity index is 596. The minimum atomic E-state index is -0.165. The number of benzene rings is 1. The maximum atomic E-state index is 13.6. The third-order valence-corrected chi connectivity index (χ3v) is 3.22. The quantitative estimate of drug-likeness (QED) is 0.851. The molecule has 2 aromatic rings. The zero-order valence-corrected chi connectivity index (χ0v) is 12.4. The Kier molecular flexibility index (Phi) is 4.32. The van der Waals surface area contributed by atoms with E-state index in [0.29, 0.717) is 18.0 Å². The molecule has 0 aliphatic heterocycles. The lowest BCUT2D eigenvalue weighted by Gasteiger charge is -2.19. The first kappa shape index (κ1) is 14.4. The number of halogens is 1. The van der Waals surface area contributed by atoms with Crippen LogP contribution in [0.3, 0.4) is 0 Å². The van der Waals surface area contributed by atoms with Gasteiger partial charge in [0, 0.05) is 25.7 Å². The van der Waals surface area contributed by atoms with E-state index in [1.54, 1.807) is 25.3 Å². The Morgan fingerprint density at radius 2 is 2.00 bits per heavy atom. The van der Waals surface area contributed by atoms with Crippen LogP contribution in [0.2, 0.25) is 0 Å². The Morgan fingerprint density at radius 3 is 2.65 bits per heavy atom. The van der Waals surface area contributed by atoms with Crippen LogP contribution in [0.15, 0.2) is 30.5 Å². The molecule has 0 fully saturated rings. The molecule has 0 spiro atoms. The van der Waals surface area contributed by atoms with Crippen LogP contribution in [-0.2, 0) is 6.54 Å². The van der Waals surface area contributed by atoms with E-state index in [9.17, 15) is 4.39 Å². The van der Waals surface area contributed by atoms with Gasteiger partial charge in [-0.05, 0) is 30.2 Å². The third-order valence-electron chi connectivity index (χ3n) is 3.22. The molecular weight excluding hydrogens is 253 g/mol. The number of aromatic nitrogens is 2. The van der Waals surface area contributed by atoms with E-state index >= 15 is 0 Å². The van der Waals surface area contributed by atoms with Gasteiger partial charge in [0.15, 0.2) is 0 Å². The van der Waals surface area contributed by atoms with Gasteiger partial charge in [-0.3, -0.25) is 0 Å². The predicted octanol–water partition coefficient (Wildman–Crippen LogP) is 3.68. The molecule has 3 nitrogen and oxygen atoms in total. The molecule has 1 heterocycles. The first-order valence-electron chi connectivity index (χ1n) is 6.76. The average Bonchev–Trinajstić information content (AvgIpc) is 2.43. The molecule has 0 atom stereocenters. The van der Waals surface area contributed by atoms with Gasteiger partial charge in [0.1, 0.15) is 17.5 Å². The summed E-state index contributed by atoms with van der Waals surface area (Å²) >= 11 is 0. The highest BCUT2D eigenvalue weighted by Gasteiger charge is 2.08. The monoisotopic (exact) mass is 273 g/mol. The minimum Gasteiger partial charge on any atom is -0.355 e. The maximum Gasteiger partial charge on any atom is 0.133 e. The highest BCUT2D eigenvalue weighted by Crippen LogP contribution is 2.17. The molecular formula is C16H20FN3. The summed E-state index contributed by atoms with van der Waals surface area (Å²) in [7, 11) is 1.95. The molecule has 4 heteroatoms. The van der Waals surface area contributed by atoms with Gasteiger partial charge in [-0.2, -0.15) is 0 Å². The molecule has 0 saturated carbocycles. The number of nitrogens with zero attached hydrogens (tertiary/aromatic N) is 3. The van der Waals surface area contributed by atoms with Crippen molar-refractivity contribution in [2.45, 2.75) is 33.2 Å². The summed E-state index contributed by atoms with van der Waals surface area (Å²) in [6.45, 7) is 6.51. The van der Waals surface area contributed by atoms with E-state index in [1.807, 2.05) is 24.1 Å². The van der Waals surface area contributed by atoms with Gasteiger partial charge >= 0.3 is 0 Å². The van der Waals surface area contributed by atoms with Crippen LogP contribution in [0.1, 0.15) is 36.7 Å². The number of hydrogen-bond acceptors (Lipinski definition) is 3. The summed E-state index contributed by atoms with van der Waals surface area (Å²) in [5, 5.41) is 0. The van der Waals surface area contributed by atoms with E-state index in [2.05, 4.69) is 23.8 Å². The van der Waals surface area contributed by atoms with Crippen molar-refractivity contribution < 1.29 is 4.39 Å². The Hall–Kier alpha value is -1.97. The topological polar surface area (TPSA) is 29.0 Å². The fraction of sp³-hybridized carbons (Fsp3) is 0.375. The first-order valence-corrected chi connectivity index (χ1v) is 6.76. The van der Waals surface area contributed by atoms with Crippen molar-refractivity contribution in [2.75, 3.05) is 11.9 Å². The molecule has 0 radical (unpaired) electrons. The Morgan fingerprint density at radius 1 is 1.25 bits per heavy atom. The van der Waals surface area contributed by atoms with Crippen LogP contribution in [-0.4, -0.2) is 17.0 Å². The average molecular weight is 273 g/mol. The fourth-order valence-corrected chi connectivity index (χ4v) is 1.94. The highest BCUT2D eigenvalue weighted by atomic mass is 19.1. The van der Waals surface area contributed by atoms with Crippen LogP contribution in [0, 0.1) is 12.7 Å². The van der Waals surface area contributed by atoms with Crippen LogP contribution < -0.4 is 4.90 Å². The molecule has 1 aromatic carbocycles. The zero-order valence-electron chi connectivity index (χ0n) is 12.4. The first-order chi connectivity index (χ1) is 9.47. The SMILES string of the molecule is Cc1ccc(CN(C)c2ccnc(C(C)C)n2)cc1F. The van der Waals surface area contributed by atoms with Gasteiger partial charge in [-0.15, -0.1) is 0 Å². The lowest BCUT2D eigenvalue weighted by molar-refractivity contribution is 0.615. The van der Waals surface area contributed by atoms with E-state index in [-0.39, 0.29) is 5.82 Å². The van der Waals surface area contributed by atoms with E-state index in [4.69, 9.17) is 0 Å². The predicted molar refractivity (Wildman–Crippen MR) is 79.4 cm³/mol. The molecule has 106 valence electrons. The van der Waals surface area contributed by atoms with Crippen LogP contribution >= 0.6 is 0 Å². The molecule has 0 aliphatic rings. The number of aryl methyl sites for hydroxylation is 1. The van der Waals surface area contributed by atoms with Crippen LogP contribution in [0.4, 0.5) is 10.2 Å². The van der Waals surface area contributed by atoms with Gasteiger partial charge in [0.25, 0.3) is 0 Å². The van der Waals surface area contributed by atoms with Crippen molar-refractivity contribution in [2.24, 2.45) is 0 Å². The van der Waals surface area contributed by atoms with Crippen LogP contribution in [0.5, 0.6) is 0 Å². The molecule has 0 bridgehead atoms. The van der Waals surface area contributed by atoms with E-state index in [0.717, 1.165) is 17.2 Å². The van der Waals surface area contributed by atoms with Crippen molar-refractivity contribution in [3.63, 3.8) is 0 Å². The van der Waals surface area contributed by atoms with Gasteiger partial charge in [-0.25, -0.2) is 14.4 Å². The fourth-order valence-electron chi connectivity index (χ4n) is 1.94. The zero-order chi connectivity index (χ0) is 14.7. The summed E-state index contributed by atoms with van der Waals surface area (Å²) < 4.78 is 13.6. The van der Waals surface area contributed by atoms with Crippen molar-refractivity contribution in [1.82, 2.24) is 9.97 Å². The number of hydrogen-bond donors (Lipinski definition) is 0. The molecule has 0 amide bonds. The maximum absolute atomic E-state index is 13.6. The number of anilines is 1. The van der Waals surface area contributed by atoms with Gasteiger partial charge in [0.05, 0.1) is 0 Å². The van der Waals surface area contributed by atoms with Gasteiger partial charge < -0.3 is 4.90 Å². The van der Waals surface area contributed by atoms with Crippen molar-refractivity contribution in [1.29, 1.82) is 0 Å². The molecule has 2 rings (SSSR count). The second-order valence-electron chi connectivity index (χ2n) is 5.37. The van der Waals surface area contributed by atoms with Crippen molar-refractivity contribution in [3.05, 3.63) is 53.2 Å². The summed E-state index contributed by atoms with van der Waals surface area (Å²) in [5.74, 6) is 1.80. The summed E-state index contributed by atoms with van der Waals surface area (Å²) in [6, 6.07) is 7.20. The van der Waals surface area contributed by atoms with E-state index in [1.165, 1.54) is 0 Å². The van der Waals surface area contributed by atoms with E-state index < -0.39 is 0 Å². The second kappa shape index (κ2) is 5.99. The molecule has 20 heavy (non-hydrogen) atoms. The van der Waals surface area contributed by atoms with Crippen molar-refractivity contribution in [3.8, 4) is 0 Å². The molecule has 0 unspecified atom stereocenters. The summed E-state index contributed by atoms with van der Waals surface area (Å²) in [5.41, 5.74) is 1.60. The Labute approximate surface area is 119 Å². The normalized spacial score (nSPS) is 10.9. The van der Waals surface area contributed by atoms with Gasteiger partial charge in [-0.1, -0.05) is 26.0 Å².